The number of aromatic amines is 1. The highest BCUT2D eigenvalue weighted by molar-refractivity contribution is 5.85. The summed E-state index contributed by atoms with van der Waals surface area (Å²) in [6, 6.07) is 7.07. The van der Waals surface area contributed by atoms with Crippen molar-refractivity contribution in [2.45, 2.75) is 58.2 Å². The van der Waals surface area contributed by atoms with E-state index in [1.165, 1.54) is 27.8 Å². The summed E-state index contributed by atoms with van der Waals surface area (Å²) in [5.41, 5.74) is 6.87. The summed E-state index contributed by atoms with van der Waals surface area (Å²) in [7, 11) is 0. The fourth-order valence-corrected chi connectivity index (χ4v) is 4.98. The molecule has 0 aliphatic carbocycles. The lowest BCUT2D eigenvalue weighted by molar-refractivity contribution is -0.148. The molecule has 1 atom stereocenters. The average molecular weight is 419 g/mol. The molecule has 162 valence electrons. The van der Waals surface area contributed by atoms with Gasteiger partial charge in [-0.25, -0.2) is 4.98 Å². The number of nitrogens with one attached hydrogen (secondary N) is 2. The predicted octanol–water partition coefficient (Wildman–Crippen LogP) is 3.62. The van der Waals surface area contributed by atoms with Crippen LogP contribution in [0.5, 0.6) is 0 Å². The van der Waals surface area contributed by atoms with Crippen LogP contribution in [0.2, 0.25) is 0 Å². The van der Waals surface area contributed by atoms with Crippen LogP contribution < -0.4 is 5.32 Å². The third kappa shape index (κ3) is 3.64. The van der Waals surface area contributed by atoms with Gasteiger partial charge in [-0.05, 0) is 86.5 Å². The number of hydrogen-bond acceptors (Lipinski definition) is 4. The van der Waals surface area contributed by atoms with Gasteiger partial charge >= 0.3 is 0 Å². The first-order valence-electron chi connectivity index (χ1n) is 11.2. The Morgan fingerprint density at radius 1 is 1.26 bits per heavy atom. The molecule has 2 aromatic heterocycles. The standard InChI is InChI=1S/C25H30N4O2/c1-15-12-27-23-19(15)11-18(13-28-23)17-9-16-6-8-29(24(30)25(2,3)31)14-21(16)20(10-17)22-5-4-7-26-22/h9-13,22,26,31H,4-8,14H2,1-3H3,(H,27,28). The smallest absolute Gasteiger partial charge is 0.254 e. The molecule has 1 aromatic carbocycles. The number of amides is 1. The van der Waals surface area contributed by atoms with E-state index in [-0.39, 0.29) is 5.91 Å². The van der Waals surface area contributed by atoms with Crippen LogP contribution in [0.25, 0.3) is 22.2 Å². The number of aliphatic hydroxyl groups is 1. The van der Waals surface area contributed by atoms with Crippen LogP contribution >= 0.6 is 0 Å². The van der Waals surface area contributed by atoms with Crippen molar-refractivity contribution in [2.75, 3.05) is 13.1 Å². The molecule has 1 fully saturated rings. The van der Waals surface area contributed by atoms with Gasteiger partial charge < -0.3 is 20.3 Å². The first-order chi connectivity index (χ1) is 14.8. The van der Waals surface area contributed by atoms with Gasteiger partial charge in [-0.1, -0.05) is 6.07 Å². The number of aryl methyl sites for hydroxylation is 1. The van der Waals surface area contributed by atoms with Gasteiger partial charge in [0.05, 0.1) is 0 Å². The topological polar surface area (TPSA) is 81.2 Å². The Bertz CT molecular complexity index is 1150. The Kier molecular flexibility index (Phi) is 4.87. The maximum absolute atomic E-state index is 12.7. The molecule has 5 rings (SSSR count). The number of fused-ring (bicyclic) bond motifs is 2. The Balaban J connectivity index is 1.58. The zero-order valence-corrected chi connectivity index (χ0v) is 18.5. The largest absolute Gasteiger partial charge is 0.381 e. The zero-order valence-electron chi connectivity index (χ0n) is 18.5. The highest BCUT2D eigenvalue weighted by atomic mass is 16.3. The number of hydrogen-bond donors (Lipinski definition) is 3. The van der Waals surface area contributed by atoms with Crippen LogP contribution in [0.3, 0.4) is 0 Å². The van der Waals surface area contributed by atoms with E-state index in [1.807, 2.05) is 12.4 Å². The summed E-state index contributed by atoms with van der Waals surface area (Å²) in [5.74, 6) is -0.204. The number of pyridine rings is 1. The van der Waals surface area contributed by atoms with Crippen LogP contribution in [-0.4, -0.2) is 44.6 Å². The lowest BCUT2D eigenvalue weighted by atomic mass is 9.86. The number of aromatic nitrogens is 2. The van der Waals surface area contributed by atoms with Gasteiger partial charge in [0, 0.05) is 42.5 Å². The first-order valence-corrected chi connectivity index (χ1v) is 11.2. The lowest BCUT2D eigenvalue weighted by Gasteiger charge is -2.35. The van der Waals surface area contributed by atoms with E-state index in [0.717, 1.165) is 42.4 Å². The molecular formula is C25H30N4O2. The van der Waals surface area contributed by atoms with Crippen molar-refractivity contribution in [3.8, 4) is 11.1 Å². The van der Waals surface area contributed by atoms with Gasteiger partial charge in [-0.15, -0.1) is 0 Å². The summed E-state index contributed by atoms with van der Waals surface area (Å²) in [6.45, 7) is 7.44. The lowest BCUT2D eigenvalue weighted by Crippen LogP contribution is -2.47. The third-order valence-corrected chi connectivity index (χ3v) is 6.69. The average Bonchev–Trinajstić information content (AvgIpc) is 3.41. The maximum Gasteiger partial charge on any atom is 0.254 e. The Labute approximate surface area is 182 Å². The quantitative estimate of drug-likeness (QED) is 0.607. The van der Waals surface area contributed by atoms with E-state index < -0.39 is 5.60 Å². The summed E-state index contributed by atoms with van der Waals surface area (Å²) in [4.78, 5) is 22.4. The van der Waals surface area contributed by atoms with E-state index in [1.54, 1.807) is 18.7 Å². The molecule has 0 radical (unpaired) electrons. The summed E-state index contributed by atoms with van der Waals surface area (Å²) in [5, 5.41) is 15.0. The molecule has 1 saturated heterocycles. The van der Waals surface area contributed by atoms with Crippen molar-refractivity contribution in [2.24, 2.45) is 0 Å². The Morgan fingerprint density at radius 3 is 2.84 bits per heavy atom. The first kappa shape index (κ1) is 20.2. The normalized spacial score (nSPS) is 19.1. The van der Waals surface area contributed by atoms with Crippen LogP contribution in [0.1, 0.15) is 55.0 Å². The summed E-state index contributed by atoms with van der Waals surface area (Å²) < 4.78 is 0. The van der Waals surface area contributed by atoms with Gasteiger partial charge in [0.2, 0.25) is 0 Å². The molecule has 31 heavy (non-hydrogen) atoms. The highest BCUT2D eigenvalue weighted by Gasteiger charge is 2.33. The van der Waals surface area contributed by atoms with Gasteiger partial charge in [0.15, 0.2) is 0 Å². The van der Waals surface area contributed by atoms with Gasteiger partial charge in [-0.3, -0.25) is 4.79 Å². The molecule has 6 nitrogen and oxygen atoms in total. The van der Waals surface area contributed by atoms with Crippen LogP contribution in [0.4, 0.5) is 0 Å². The molecule has 6 heteroatoms. The minimum absolute atomic E-state index is 0.204. The minimum Gasteiger partial charge on any atom is -0.381 e. The SMILES string of the molecule is Cc1c[nH]c2ncc(-c3cc4c(c(C5CCCN5)c3)CN(C(=O)C(C)(C)O)CC4)cc12. The van der Waals surface area contributed by atoms with E-state index in [0.29, 0.717) is 19.1 Å². The molecular weight excluding hydrogens is 388 g/mol. The van der Waals surface area contributed by atoms with E-state index in [9.17, 15) is 9.90 Å². The van der Waals surface area contributed by atoms with Gasteiger partial charge in [0.1, 0.15) is 11.2 Å². The summed E-state index contributed by atoms with van der Waals surface area (Å²) >= 11 is 0. The second-order valence-corrected chi connectivity index (χ2v) is 9.48. The van der Waals surface area contributed by atoms with Crippen molar-refractivity contribution >= 4 is 16.9 Å². The van der Waals surface area contributed by atoms with Gasteiger partial charge in [-0.2, -0.15) is 0 Å². The molecule has 3 aromatic rings. The van der Waals surface area contributed by atoms with Crippen LogP contribution in [0.15, 0.2) is 30.6 Å². The number of benzene rings is 1. The predicted molar refractivity (Wildman–Crippen MR) is 122 cm³/mol. The number of H-pyrrole nitrogens is 1. The second kappa shape index (κ2) is 7.46. The van der Waals surface area contributed by atoms with Crippen LogP contribution in [0, 0.1) is 6.92 Å². The number of carbonyl (C=O) groups excluding carboxylic acids is 1. The molecule has 0 saturated carbocycles. The molecule has 2 aliphatic heterocycles. The molecule has 0 bridgehead atoms. The molecule has 2 aliphatic rings. The summed E-state index contributed by atoms with van der Waals surface area (Å²) in [6.07, 6.45) is 6.99. The van der Waals surface area contributed by atoms with Crippen molar-refractivity contribution in [3.63, 3.8) is 0 Å². The molecule has 0 spiro atoms. The zero-order chi connectivity index (χ0) is 21.8. The maximum atomic E-state index is 12.7. The molecule has 1 unspecified atom stereocenters. The van der Waals surface area contributed by atoms with Gasteiger partial charge in [0.25, 0.3) is 5.91 Å². The van der Waals surface area contributed by atoms with Crippen molar-refractivity contribution < 1.29 is 9.90 Å². The van der Waals surface area contributed by atoms with Crippen molar-refractivity contribution in [3.05, 3.63) is 52.8 Å². The monoisotopic (exact) mass is 418 g/mol. The minimum atomic E-state index is -1.35. The molecule has 1 amide bonds. The molecule has 3 N–H and O–H groups in total. The number of carbonyl (C=O) groups is 1. The number of nitrogens with zero attached hydrogens (tertiary/aromatic N) is 2. The fourth-order valence-electron chi connectivity index (χ4n) is 4.98. The van der Waals surface area contributed by atoms with Crippen LogP contribution in [-0.2, 0) is 17.8 Å². The third-order valence-electron chi connectivity index (χ3n) is 6.69. The highest BCUT2D eigenvalue weighted by Crippen LogP contribution is 2.36. The Morgan fingerprint density at radius 2 is 2.10 bits per heavy atom. The second-order valence-electron chi connectivity index (χ2n) is 9.48. The van der Waals surface area contributed by atoms with Crippen molar-refractivity contribution in [1.29, 1.82) is 0 Å². The van der Waals surface area contributed by atoms with E-state index in [4.69, 9.17) is 0 Å². The van der Waals surface area contributed by atoms with Crippen molar-refractivity contribution in [1.82, 2.24) is 20.2 Å². The van der Waals surface area contributed by atoms with E-state index in [2.05, 4.69) is 40.4 Å². The van der Waals surface area contributed by atoms with E-state index >= 15 is 0 Å². The number of rotatable bonds is 3. The fraction of sp³-hybridized carbons (Fsp3) is 0.440. The molecule has 4 heterocycles. The Hall–Kier alpha value is -2.70.